The van der Waals surface area contributed by atoms with Gasteiger partial charge < -0.3 is 15.5 Å². The fraction of sp³-hybridized carbons (Fsp3) is 0.455. The molecule has 27 heavy (non-hydrogen) atoms. The molecule has 1 fully saturated rings. The van der Waals surface area contributed by atoms with Gasteiger partial charge in [0.25, 0.3) is 0 Å². The summed E-state index contributed by atoms with van der Waals surface area (Å²) in [6.45, 7) is 1.56. The van der Waals surface area contributed by atoms with E-state index >= 15 is 0 Å². The van der Waals surface area contributed by atoms with Crippen LogP contribution in [0, 0.1) is 0 Å². The number of rotatable bonds is 6. The Hall–Kier alpha value is -2.56. The molecule has 0 saturated heterocycles. The largest absolute Gasteiger partial charge is 0.363 e. The number of anilines is 1. The highest BCUT2D eigenvalue weighted by molar-refractivity contribution is 5.79. The van der Waals surface area contributed by atoms with Gasteiger partial charge in [-0.3, -0.25) is 4.99 Å². The lowest BCUT2D eigenvalue weighted by Gasteiger charge is -2.30. The summed E-state index contributed by atoms with van der Waals surface area (Å²) in [6, 6.07) is 17.0. The lowest BCUT2D eigenvalue weighted by molar-refractivity contribution is 0.431. The van der Waals surface area contributed by atoms with E-state index in [0.717, 1.165) is 24.0 Å². The highest BCUT2D eigenvalue weighted by Crippen LogP contribution is 2.40. The summed E-state index contributed by atoms with van der Waals surface area (Å²) in [7, 11) is 5.83. The zero-order valence-corrected chi connectivity index (χ0v) is 16.7. The molecule has 1 aromatic carbocycles. The van der Waals surface area contributed by atoms with Crippen molar-refractivity contribution >= 4 is 11.8 Å². The zero-order valence-electron chi connectivity index (χ0n) is 16.7. The van der Waals surface area contributed by atoms with Crippen LogP contribution in [0.4, 0.5) is 5.82 Å². The Labute approximate surface area is 162 Å². The maximum Gasteiger partial charge on any atom is 0.191 e. The topological polar surface area (TPSA) is 52.6 Å². The maximum absolute atomic E-state index is 4.66. The molecule has 0 spiro atoms. The Bertz CT molecular complexity index is 748. The highest BCUT2D eigenvalue weighted by Gasteiger charge is 2.35. The van der Waals surface area contributed by atoms with Gasteiger partial charge in [-0.1, -0.05) is 49.2 Å². The molecule has 0 bridgehead atoms. The van der Waals surface area contributed by atoms with Crippen molar-refractivity contribution in [1.82, 2.24) is 15.6 Å². The predicted molar refractivity (Wildman–Crippen MR) is 113 cm³/mol. The number of nitrogens with zero attached hydrogens (tertiary/aromatic N) is 3. The first-order valence-electron chi connectivity index (χ1n) is 9.76. The molecule has 5 heteroatoms. The number of aromatic nitrogens is 1. The second kappa shape index (κ2) is 8.89. The van der Waals surface area contributed by atoms with Gasteiger partial charge in [0.1, 0.15) is 5.82 Å². The Morgan fingerprint density at radius 3 is 2.44 bits per heavy atom. The molecule has 3 rings (SSSR count). The second-order valence-electron chi connectivity index (χ2n) is 7.51. The summed E-state index contributed by atoms with van der Waals surface area (Å²) in [5, 5.41) is 6.96. The molecule has 1 aliphatic rings. The standard InChI is InChI=1S/C22H31N5/c1-23-21(24-16-19-12-9-13-20(26-19)27(2)3)25-17-22(14-7-8-15-22)18-10-5-4-6-11-18/h4-6,9-13H,7-8,14-17H2,1-3H3,(H2,23,24,25). The summed E-state index contributed by atoms with van der Waals surface area (Å²) >= 11 is 0. The molecule has 1 aliphatic carbocycles. The Morgan fingerprint density at radius 1 is 1.04 bits per heavy atom. The van der Waals surface area contributed by atoms with Crippen LogP contribution < -0.4 is 15.5 Å². The summed E-state index contributed by atoms with van der Waals surface area (Å²) in [5.74, 6) is 1.79. The zero-order chi connectivity index (χ0) is 19.1. The average Bonchev–Trinajstić information content (AvgIpc) is 3.19. The number of aliphatic imine (C=N–C) groups is 1. The van der Waals surface area contributed by atoms with Gasteiger partial charge in [-0.15, -0.1) is 0 Å². The summed E-state index contributed by atoms with van der Waals surface area (Å²) in [5.41, 5.74) is 2.65. The molecule has 144 valence electrons. The van der Waals surface area contributed by atoms with Crippen LogP contribution in [0.3, 0.4) is 0 Å². The molecule has 2 N–H and O–H groups in total. The first kappa shape index (κ1) is 19.2. The van der Waals surface area contributed by atoms with Crippen molar-refractivity contribution in [3.63, 3.8) is 0 Å². The third-order valence-electron chi connectivity index (χ3n) is 5.45. The molecule has 0 amide bonds. The van der Waals surface area contributed by atoms with Gasteiger partial charge in [-0.25, -0.2) is 4.98 Å². The summed E-state index contributed by atoms with van der Waals surface area (Å²) in [6.07, 6.45) is 5.05. The molecular weight excluding hydrogens is 334 g/mol. The summed E-state index contributed by atoms with van der Waals surface area (Å²) < 4.78 is 0. The Balaban J connectivity index is 1.61. The molecular formula is C22H31N5. The minimum absolute atomic E-state index is 0.210. The van der Waals surface area contributed by atoms with E-state index in [1.54, 1.807) is 0 Å². The molecule has 2 aromatic rings. The van der Waals surface area contributed by atoms with Crippen molar-refractivity contribution < 1.29 is 0 Å². The minimum atomic E-state index is 0.210. The lowest BCUT2D eigenvalue weighted by atomic mass is 9.79. The quantitative estimate of drug-likeness (QED) is 0.609. The van der Waals surface area contributed by atoms with E-state index in [1.165, 1.54) is 31.2 Å². The van der Waals surface area contributed by atoms with Crippen LogP contribution in [0.5, 0.6) is 0 Å². The van der Waals surface area contributed by atoms with Crippen LogP contribution in [0.1, 0.15) is 36.9 Å². The number of guanidine groups is 1. The number of benzene rings is 1. The van der Waals surface area contributed by atoms with E-state index in [-0.39, 0.29) is 5.41 Å². The van der Waals surface area contributed by atoms with Crippen molar-refractivity contribution in [3.05, 3.63) is 59.8 Å². The number of hydrogen-bond acceptors (Lipinski definition) is 3. The summed E-state index contributed by atoms with van der Waals surface area (Å²) in [4.78, 5) is 11.1. The SMILES string of the molecule is CN=C(NCc1cccc(N(C)C)n1)NCC1(c2ccccc2)CCCC1. The normalized spacial score (nSPS) is 16.2. The van der Waals surface area contributed by atoms with Gasteiger partial charge in [-0.2, -0.15) is 0 Å². The fourth-order valence-corrected chi connectivity index (χ4v) is 3.87. The molecule has 5 nitrogen and oxygen atoms in total. The smallest absolute Gasteiger partial charge is 0.191 e. The van der Waals surface area contributed by atoms with Crippen LogP contribution in [0.2, 0.25) is 0 Å². The van der Waals surface area contributed by atoms with Crippen molar-refractivity contribution in [3.8, 4) is 0 Å². The predicted octanol–water partition coefficient (Wildman–Crippen LogP) is 3.32. The van der Waals surface area contributed by atoms with Crippen molar-refractivity contribution in [2.75, 3.05) is 32.6 Å². The Kier molecular flexibility index (Phi) is 6.32. The number of hydrogen-bond donors (Lipinski definition) is 2. The number of pyridine rings is 1. The third kappa shape index (κ3) is 4.79. The van der Waals surface area contributed by atoms with Crippen molar-refractivity contribution in [2.24, 2.45) is 4.99 Å². The van der Waals surface area contributed by atoms with Gasteiger partial charge in [0.05, 0.1) is 12.2 Å². The minimum Gasteiger partial charge on any atom is -0.363 e. The first-order chi connectivity index (χ1) is 13.1. The fourth-order valence-electron chi connectivity index (χ4n) is 3.87. The van der Waals surface area contributed by atoms with E-state index in [4.69, 9.17) is 0 Å². The van der Waals surface area contributed by atoms with E-state index in [2.05, 4.69) is 50.9 Å². The van der Waals surface area contributed by atoms with E-state index < -0.39 is 0 Å². The van der Waals surface area contributed by atoms with Crippen LogP contribution in [-0.4, -0.2) is 38.6 Å². The first-order valence-corrected chi connectivity index (χ1v) is 9.76. The van der Waals surface area contributed by atoms with E-state index in [0.29, 0.717) is 6.54 Å². The van der Waals surface area contributed by atoms with Gasteiger partial charge in [0.15, 0.2) is 5.96 Å². The van der Waals surface area contributed by atoms with E-state index in [1.807, 2.05) is 44.2 Å². The van der Waals surface area contributed by atoms with Gasteiger partial charge in [0.2, 0.25) is 0 Å². The monoisotopic (exact) mass is 365 g/mol. The second-order valence-corrected chi connectivity index (χ2v) is 7.51. The van der Waals surface area contributed by atoms with Gasteiger partial charge in [0, 0.05) is 33.1 Å². The van der Waals surface area contributed by atoms with Crippen LogP contribution >= 0.6 is 0 Å². The molecule has 1 heterocycles. The lowest BCUT2D eigenvalue weighted by Crippen LogP contribution is -2.44. The molecule has 0 unspecified atom stereocenters. The highest BCUT2D eigenvalue weighted by atomic mass is 15.2. The van der Waals surface area contributed by atoms with Crippen LogP contribution in [0.15, 0.2) is 53.5 Å². The molecule has 0 aliphatic heterocycles. The molecule has 0 radical (unpaired) electrons. The molecule has 1 saturated carbocycles. The molecule has 1 aromatic heterocycles. The average molecular weight is 366 g/mol. The number of nitrogens with one attached hydrogen (secondary N) is 2. The van der Waals surface area contributed by atoms with E-state index in [9.17, 15) is 0 Å². The maximum atomic E-state index is 4.66. The van der Waals surface area contributed by atoms with Crippen LogP contribution in [0.25, 0.3) is 0 Å². The molecule has 0 atom stereocenters. The van der Waals surface area contributed by atoms with Crippen LogP contribution in [-0.2, 0) is 12.0 Å². The van der Waals surface area contributed by atoms with Gasteiger partial charge in [-0.05, 0) is 30.5 Å². The van der Waals surface area contributed by atoms with Crippen molar-refractivity contribution in [1.29, 1.82) is 0 Å². The Morgan fingerprint density at radius 2 is 1.78 bits per heavy atom. The third-order valence-corrected chi connectivity index (χ3v) is 5.45. The van der Waals surface area contributed by atoms with Gasteiger partial charge >= 0.3 is 0 Å². The van der Waals surface area contributed by atoms with Crippen molar-refractivity contribution in [2.45, 2.75) is 37.6 Å².